The third-order valence-corrected chi connectivity index (χ3v) is 5.81. The highest BCUT2D eigenvalue weighted by Crippen LogP contribution is 2.22. The minimum Gasteiger partial charge on any atom is -0.351 e. The maximum absolute atomic E-state index is 12.9. The molecule has 2 aromatic heterocycles. The molecule has 1 aromatic carbocycles. The van der Waals surface area contributed by atoms with Gasteiger partial charge in [0.2, 0.25) is 11.9 Å². The molecule has 1 aliphatic heterocycles. The van der Waals surface area contributed by atoms with Crippen molar-refractivity contribution in [3.63, 3.8) is 0 Å². The molecule has 3 aromatic rings. The lowest BCUT2D eigenvalue weighted by Crippen LogP contribution is -2.44. The number of nitrogens with zero attached hydrogens (tertiary/aromatic N) is 4. The molecule has 30 heavy (non-hydrogen) atoms. The third kappa shape index (κ3) is 4.45. The largest absolute Gasteiger partial charge is 0.351 e. The number of likely N-dealkylation sites (tertiary alicyclic amines) is 1. The summed E-state index contributed by atoms with van der Waals surface area (Å²) in [6, 6.07) is 10.2. The highest BCUT2D eigenvalue weighted by Gasteiger charge is 2.27. The van der Waals surface area contributed by atoms with Gasteiger partial charge in [-0.15, -0.1) is 0 Å². The van der Waals surface area contributed by atoms with Crippen molar-refractivity contribution in [1.29, 1.82) is 0 Å². The van der Waals surface area contributed by atoms with Gasteiger partial charge in [-0.05, 0) is 37.7 Å². The van der Waals surface area contributed by atoms with Crippen LogP contribution >= 0.6 is 0 Å². The summed E-state index contributed by atoms with van der Waals surface area (Å²) >= 11 is 0. The molecule has 0 radical (unpaired) electrons. The predicted molar refractivity (Wildman–Crippen MR) is 118 cm³/mol. The first-order valence-electron chi connectivity index (χ1n) is 10.8. The van der Waals surface area contributed by atoms with Gasteiger partial charge in [0, 0.05) is 31.0 Å². The van der Waals surface area contributed by atoms with E-state index in [1.807, 2.05) is 48.4 Å². The van der Waals surface area contributed by atoms with Crippen LogP contribution in [-0.4, -0.2) is 50.1 Å². The average molecular weight is 407 g/mol. The lowest BCUT2D eigenvalue weighted by atomic mass is 9.97. The molecule has 158 valence electrons. The van der Waals surface area contributed by atoms with E-state index in [-0.39, 0.29) is 17.9 Å². The number of aromatic amines is 1. The Morgan fingerprint density at radius 1 is 1.20 bits per heavy atom. The van der Waals surface area contributed by atoms with E-state index in [0.717, 1.165) is 49.0 Å². The fraction of sp³-hybridized carbons (Fsp3) is 0.478. The van der Waals surface area contributed by atoms with Crippen LogP contribution in [0.15, 0.2) is 36.5 Å². The Balaban J connectivity index is 1.34. The maximum Gasteiger partial charge on any atom is 0.229 e. The van der Waals surface area contributed by atoms with Crippen molar-refractivity contribution in [3.05, 3.63) is 47.8 Å². The quantitative estimate of drug-likeness (QED) is 0.651. The summed E-state index contributed by atoms with van der Waals surface area (Å²) in [4.78, 5) is 23.9. The number of aromatic nitrogens is 4. The molecule has 7 nitrogen and oxygen atoms in total. The molecule has 3 heterocycles. The SMILES string of the molecule is CC(C)Cc1[nH]nc2nc(NC3CCN(C(=O)C(C)c4ccccc4)CC3)ncc12. The lowest BCUT2D eigenvalue weighted by molar-refractivity contribution is -0.133. The molecular formula is C23H30N6O. The number of rotatable bonds is 6. The first-order valence-corrected chi connectivity index (χ1v) is 10.8. The zero-order valence-electron chi connectivity index (χ0n) is 17.9. The summed E-state index contributed by atoms with van der Waals surface area (Å²) in [5.41, 5.74) is 2.86. The number of fused-ring (bicyclic) bond motifs is 1. The Kier molecular flexibility index (Phi) is 5.97. The molecule has 1 unspecified atom stereocenters. The number of carbonyl (C=O) groups is 1. The molecule has 1 aliphatic rings. The van der Waals surface area contributed by atoms with Gasteiger partial charge in [-0.2, -0.15) is 10.1 Å². The van der Waals surface area contributed by atoms with E-state index in [9.17, 15) is 4.79 Å². The summed E-state index contributed by atoms with van der Waals surface area (Å²) < 4.78 is 0. The molecule has 1 saturated heterocycles. The first-order chi connectivity index (χ1) is 14.5. The van der Waals surface area contributed by atoms with Gasteiger partial charge < -0.3 is 10.2 Å². The smallest absolute Gasteiger partial charge is 0.229 e. The van der Waals surface area contributed by atoms with Crippen molar-refractivity contribution in [1.82, 2.24) is 25.1 Å². The molecule has 1 fully saturated rings. The summed E-state index contributed by atoms with van der Waals surface area (Å²) in [6.07, 6.45) is 4.55. The van der Waals surface area contributed by atoms with Crippen molar-refractivity contribution in [2.24, 2.45) is 5.92 Å². The second-order valence-corrected chi connectivity index (χ2v) is 8.61. The summed E-state index contributed by atoms with van der Waals surface area (Å²) in [7, 11) is 0. The second-order valence-electron chi connectivity index (χ2n) is 8.61. The molecule has 1 amide bonds. The van der Waals surface area contributed by atoms with Gasteiger partial charge in [0.15, 0.2) is 5.65 Å². The molecule has 2 N–H and O–H groups in total. The van der Waals surface area contributed by atoms with Crippen LogP contribution in [0.25, 0.3) is 11.0 Å². The normalized spacial score (nSPS) is 16.2. The number of hydrogen-bond acceptors (Lipinski definition) is 5. The van der Waals surface area contributed by atoms with Crippen LogP contribution in [0.3, 0.4) is 0 Å². The van der Waals surface area contributed by atoms with Gasteiger partial charge in [-0.3, -0.25) is 9.89 Å². The van der Waals surface area contributed by atoms with E-state index < -0.39 is 0 Å². The number of carbonyl (C=O) groups excluding carboxylic acids is 1. The van der Waals surface area contributed by atoms with Crippen LogP contribution in [0.2, 0.25) is 0 Å². The van der Waals surface area contributed by atoms with Gasteiger partial charge >= 0.3 is 0 Å². The standard InChI is InChI=1S/C23H30N6O/c1-15(2)13-20-19-14-24-23(26-21(19)28-27-20)25-18-9-11-29(12-10-18)22(30)16(3)17-7-5-4-6-8-17/h4-8,14-16,18H,9-13H2,1-3H3,(H2,24,25,26,27,28). The lowest BCUT2D eigenvalue weighted by Gasteiger charge is -2.34. The highest BCUT2D eigenvalue weighted by molar-refractivity contribution is 5.83. The van der Waals surface area contributed by atoms with Crippen LogP contribution in [0.5, 0.6) is 0 Å². The van der Waals surface area contributed by atoms with E-state index in [0.29, 0.717) is 17.5 Å². The Morgan fingerprint density at radius 3 is 2.63 bits per heavy atom. The second kappa shape index (κ2) is 8.81. The number of hydrogen-bond donors (Lipinski definition) is 2. The highest BCUT2D eigenvalue weighted by atomic mass is 16.2. The van der Waals surface area contributed by atoms with Crippen LogP contribution < -0.4 is 5.32 Å². The average Bonchev–Trinajstić information content (AvgIpc) is 3.15. The third-order valence-electron chi connectivity index (χ3n) is 5.81. The van der Waals surface area contributed by atoms with Gasteiger partial charge in [0.05, 0.1) is 11.3 Å². The topological polar surface area (TPSA) is 86.8 Å². The van der Waals surface area contributed by atoms with Crippen LogP contribution in [0.4, 0.5) is 5.95 Å². The van der Waals surface area contributed by atoms with Gasteiger partial charge in [-0.25, -0.2) is 4.98 Å². The number of H-pyrrole nitrogens is 1. The molecule has 0 aliphatic carbocycles. The Labute approximate surface area is 177 Å². The summed E-state index contributed by atoms with van der Waals surface area (Å²) in [6.45, 7) is 7.85. The van der Waals surface area contributed by atoms with Crippen molar-refractivity contribution in [3.8, 4) is 0 Å². The van der Waals surface area contributed by atoms with Crippen molar-refractivity contribution in [2.45, 2.75) is 52.0 Å². The zero-order chi connectivity index (χ0) is 21.1. The number of benzene rings is 1. The molecule has 7 heteroatoms. The van der Waals surface area contributed by atoms with Crippen LogP contribution in [0, 0.1) is 5.92 Å². The van der Waals surface area contributed by atoms with Crippen molar-refractivity contribution < 1.29 is 4.79 Å². The Hall–Kier alpha value is -2.96. The van der Waals surface area contributed by atoms with E-state index in [1.165, 1.54) is 0 Å². The molecule has 4 rings (SSSR count). The van der Waals surface area contributed by atoms with Gasteiger partial charge in [-0.1, -0.05) is 44.2 Å². The molecule has 0 saturated carbocycles. The molecule has 1 atom stereocenters. The van der Waals surface area contributed by atoms with E-state index in [1.54, 1.807) is 0 Å². The van der Waals surface area contributed by atoms with Crippen molar-refractivity contribution in [2.75, 3.05) is 18.4 Å². The van der Waals surface area contributed by atoms with Gasteiger partial charge in [0.1, 0.15) is 0 Å². The minimum absolute atomic E-state index is 0.110. The van der Waals surface area contributed by atoms with E-state index >= 15 is 0 Å². The number of piperidine rings is 1. The summed E-state index contributed by atoms with van der Waals surface area (Å²) in [5.74, 6) is 1.24. The molecular weight excluding hydrogens is 376 g/mol. The fourth-order valence-electron chi connectivity index (χ4n) is 4.07. The fourth-order valence-corrected chi connectivity index (χ4v) is 4.07. The number of amides is 1. The minimum atomic E-state index is -0.110. The number of nitrogens with one attached hydrogen (secondary N) is 2. The first kappa shape index (κ1) is 20.3. The molecule has 0 bridgehead atoms. The number of anilines is 1. The maximum atomic E-state index is 12.9. The molecule has 0 spiro atoms. The Morgan fingerprint density at radius 2 is 1.93 bits per heavy atom. The van der Waals surface area contributed by atoms with E-state index in [4.69, 9.17) is 0 Å². The monoisotopic (exact) mass is 406 g/mol. The van der Waals surface area contributed by atoms with Crippen LogP contribution in [-0.2, 0) is 11.2 Å². The Bertz CT molecular complexity index is 991. The van der Waals surface area contributed by atoms with E-state index in [2.05, 4.69) is 39.3 Å². The van der Waals surface area contributed by atoms with Crippen molar-refractivity contribution >= 4 is 22.9 Å². The van der Waals surface area contributed by atoms with Crippen LogP contribution in [0.1, 0.15) is 50.8 Å². The van der Waals surface area contributed by atoms with Gasteiger partial charge in [0.25, 0.3) is 0 Å². The summed E-state index contributed by atoms with van der Waals surface area (Å²) in [5, 5.41) is 11.9. The zero-order valence-corrected chi connectivity index (χ0v) is 17.9. The predicted octanol–water partition coefficient (Wildman–Crippen LogP) is 3.76.